The maximum Gasteiger partial charge on any atom is 0.193 e. The van der Waals surface area contributed by atoms with Crippen LogP contribution in [0.3, 0.4) is 0 Å². The average Bonchev–Trinajstić information content (AvgIpc) is 2.03. The number of aromatic nitrogens is 2. The van der Waals surface area contributed by atoms with Crippen LogP contribution in [0.15, 0.2) is 6.07 Å². The number of hydrogen-bond donors (Lipinski definition) is 0. The van der Waals surface area contributed by atoms with Crippen molar-refractivity contribution in [1.82, 2.24) is 9.97 Å². The molecule has 0 N–H and O–H groups in total. The minimum absolute atomic E-state index is 0.277. The summed E-state index contributed by atoms with van der Waals surface area (Å²) in [5.74, 6) is 0.615. The van der Waals surface area contributed by atoms with Crippen molar-refractivity contribution in [2.45, 2.75) is 26.7 Å². The molecule has 0 radical (unpaired) electrons. The number of aldehydes is 1. The molecule has 3 nitrogen and oxygen atoms in total. The van der Waals surface area contributed by atoms with Crippen LogP contribution in [0.2, 0.25) is 0 Å². The molecule has 0 aliphatic carbocycles. The van der Waals surface area contributed by atoms with Gasteiger partial charge in [0.05, 0.1) is 0 Å². The molecule has 0 saturated heterocycles. The van der Waals surface area contributed by atoms with Crippen LogP contribution in [0.1, 0.15) is 41.8 Å². The standard InChI is InChI=1S/C9H12N2O/c1-6(2)8-4-7(3)10-9(5-12)11-8/h4-6H,1-3H3. The molecule has 1 aromatic rings. The first-order chi connectivity index (χ1) is 5.63. The molecule has 0 amide bonds. The second kappa shape index (κ2) is 3.43. The minimum atomic E-state index is 0.277. The number of nitrogens with zero attached hydrogens (tertiary/aromatic N) is 2. The van der Waals surface area contributed by atoms with E-state index in [0.717, 1.165) is 11.4 Å². The smallest absolute Gasteiger partial charge is 0.193 e. The van der Waals surface area contributed by atoms with Gasteiger partial charge in [-0.25, -0.2) is 9.97 Å². The Bertz CT molecular complexity index is 295. The molecule has 1 heterocycles. The van der Waals surface area contributed by atoms with Crippen molar-refractivity contribution >= 4 is 6.29 Å². The van der Waals surface area contributed by atoms with Crippen molar-refractivity contribution in [3.63, 3.8) is 0 Å². The van der Waals surface area contributed by atoms with Crippen LogP contribution in [0.25, 0.3) is 0 Å². The van der Waals surface area contributed by atoms with Gasteiger partial charge in [-0.15, -0.1) is 0 Å². The molecule has 0 aromatic carbocycles. The van der Waals surface area contributed by atoms with Gasteiger partial charge >= 0.3 is 0 Å². The highest BCUT2D eigenvalue weighted by atomic mass is 16.1. The zero-order valence-electron chi connectivity index (χ0n) is 7.53. The Kier molecular flexibility index (Phi) is 2.53. The lowest BCUT2D eigenvalue weighted by molar-refractivity contribution is 0.111. The second-order valence-corrected chi connectivity index (χ2v) is 3.06. The zero-order chi connectivity index (χ0) is 9.14. The third-order valence-corrected chi connectivity index (χ3v) is 1.59. The Balaban J connectivity index is 3.14. The highest BCUT2D eigenvalue weighted by molar-refractivity contribution is 5.68. The summed E-state index contributed by atoms with van der Waals surface area (Å²) in [6.07, 6.45) is 0.679. The predicted octanol–water partition coefficient (Wildman–Crippen LogP) is 1.72. The van der Waals surface area contributed by atoms with Crippen molar-refractivity contribution < 1.29 is 4.79 Å². The molecule has 1 rings (SSSR count). The zero-order valence-corrected chi connectivity index (χ0v) is 7.53. The number of rotatable bonds is 2. The van der Waals surface area contributed by atoms with Crippen molar-refractivity contribution in [2.75, 3.05) is 0 Å². The third-order valence-electron chi connectivity index (χ3n) is 1.59. The van der Waals surface area contributed by atoms with Gasteiger partial charge in [0.25, 0.3) is 0 Å². The molecule has 0 fully saturated rings. The fraction of sp³-hybridized carbons (Fsp3) is 0.444. The molecule has 1 aromatic heterocycles. The fourth-order valence-corrected chi connectivity index (χ4v) is 0.965. The molecule has 0 unspecified atom stereocenters. The van der Waals surface area contributed by atoms with Crippen molar-refractivity contribution in [1.29, 1.82) is 0 Å². The van der Waals surface area contributed by atoms with Crippen LogP contribution in [0, 0.1) is 6.92 Å². The normalized spacial score (nSPS) is 10.3. The van der Waals surface area contributed by atoms with E-state index >= 15 is 0 Å². The topological polar surface area (TPSA) is 42.9 Å². The third kappa shape index (κ3) is 1.87. The van der Waals surface area contributed by atoms with E-state index in [1.165, 1.54) is 0 Å². The molecule has 0 aliphatic heterocycles. The summed E-state index contributed by atoms with van der Waals surface area (Å²) in [5.41, 5.74) is 1.76. The number of carbonyl (C=O) groups is 1. The maximum absolute atomic E-state index is 10.4. The number of hydrogen-bond acceptors (Lipinski definition) is 3. The molecule has 0 atom stereocenters. The van der Waals surface area contributed by atoms with E-state index in [0.29, 0.717) is 12.2 Å². The Hall–Kier alpha value is -1.25. The monoisotopic (exact) mass is 164 g/mol. The first-order valence-electron chi connectivity index (χ1n) is 3.94. The molecule has 12 heavy (non-hydrogen) atoms. The Morgan fingerprint density at radius 2 is 2.08 bits per heavy atom. The van der Waals surface area contributed by atoms with Crippen LogP contribution in [0.5, 0.6) is 0 Å². The van der Waals surface area contributed by atoms with Crippen molar-refractivity contribution in [3.8, 4) is 0 Å². The predicted molar refractivity (Wildman–Crippen MR) is 46.2 cm³/mol. The van der Waals surface area contributed by atoms with Crippen LogP contribution >= 0.6 is 0 Å². The summed E-state index contributed by atoms with van der Waals surface area (Å²) < 4.78 is 0. The van der Waals surface area contributed by atoms with Crippen LogP contribution in [-0.2, 0) is 0 Å². The van der Waals surface area contributed by atoms with E-state index in [1.54, 1.807) is 0 Å². The van der Waals surface area contributed by atoms with Gasteiger partial charge in [-0.2, -0.15) is 0 Å². The summed E-state index contributed by atoms with van der Waals surface area (Å²) in [7, 11) is 0. The lowest BCUT2D eigenvalue weighted by atomic mass is 10.1. The average molecular weight is 164 g/mol. The number of carbonyl (C=O) groups excluding carboxylic acids is 1. The van der Waals surface area contributed by atoms with E-state index in [-0.39, 0.29) is 5.82 Å². The highest BCUT2D eigenvalue weighted by Crippen LogP contribution is 2.11. The summed E-state index contributed by atoms with van der Waals surface area (Å²) in [4.78, 5) is 18.4. The first-order valence-corrected chi connectivity index (χ1v) is 3.94. The lowest BCUT2D eigenvalue weighted by Gasteiger charge is -2.04. The summed E-state index contributed by atoms with van der Waals surface area (Å²) in [5, 5.41) is 0. The van der Waals surface area contributed by atoms with Crippen molar-refractivity contribution in [3.05, 3.63) is 23.3 Å². The molecule has 64 valence electrons. The van der Waals surface area contributed by atoms with Crippen molar-refractivity contribution in [2.24, 2.45) is 0 Å². The largest absolute Gasteiger partial charge is 0.294 e. The van der Waals surface area contributed by atoms with Crippen LogP contribution in [-0.4, -0.2) is 16.3 Å². The van der Waals surface area contributed by atoms with Gasteiger partial charge in [0.1, 0.15) is 0 Å². The summed E-state index contributed by atoms with van der Waals surface area (Å²) >= 11 is 0. The van der Waals surface area contributed by atoms with E-state index in [9.17, 15) is 4.79 Å². The van der Waals surface area contributed by atoms with E-state index in [2.05, 4.69) is 9.97 Å². The van der Waals surface area contributed by atoms with Gasteiger partial charge < -0.3 is 0 Å². The molecular weight excluding hydrogens is 152 g/mol. The SMILES string of the molecule is Cc1cc(C(C)C)nc(C=O)n1. The van der Waals surface area contributed by atoms with Gasteiger partial charge in [-0.1, -0.05) is 13.8 Å². The van der Waals surface area contributed by atoms with Crippen LogP contribution < -0.4 is 0 Å². The Morgan fingerprint density at radius 3 is 2.58 bits per heavy atom. The van der Waals surface area contributed by atoms with Gasteiger partial charge in [0.2, 0.25) is 0 Å². The first kappa shape index (κ1) is 8.84. The van der Waals surface area contributed by atoms with Gasteiger partial charge in [0.15, 0.2) is 12.1 Å². The number of aryl methyl sites for hydroxylation is 1. The van der Waals surface area contributed by atoms with E-state index in [4.69, 9.17) is 0 Å². The molecule has 0 aliphatic rings. The quantitative estimate of drug-likeness (QED) is 0.625. The van der Waals surface area contributed by atoms with Gasteiger partial charge in [0, 0.05) is 11.4 Å². The maximum atomic E-state index is 10.4. The summed E-state index contributed by atoms with van der Waals surface area (Å²) in [6, 6.07) is 1.90. The van der Waals surface area contributed by atoms with Crippen LogP contribution in [0.4, 0.5) is 0 Å². The van der Waals surface area contributed by atoms with Gasteiger partial charge in [-0.05, 0) is 18.9 Å². The fourth-order valence-electron chi connectivity index (χ4n) is 0.965. The molecule has 0 spiro atoms. The lowest BCUT2D eigenvalue weighted by Crippen LogP contribution is -2.01. The van der Waals surface area contributed by atoms with Gasteiger partial charge in [-0.3, -0.25) is 4.79 Å². The van der Waals surface area contributed by atoms with E-state index < -0.39 is 0 Å². The summed E-state index contributed by atoms with van der Waals surface area (Å²) in [6.45, 7) is 5.94. The Morgan fingerprint density at radius 1 is 1.42 bits per heavy atom. The molecule has 0 bridgehead atoms. The molecular formula is C9H12N2O. The Labute approximate surface area is 71.9 Å². The molecule has 3 heteroatoms. The van der Waals surface area contributed by atoms with E-state index in [1.807, 2.05) is 26.8 Å². The molecule has 0 saturated carbocycles. The minimum Gasteiger partial charge on any atom is -0.294 e. The second-order valence-electron chi connectivity index (χ2n) is 3.06. The highest BCUT2D eigenvalue weighted by Gasteiger charge is 2.04.